The summed E-state index contributed by atoms with van der Waals surface area (Å²) in [5.74, 6) is -1.55. The molecule has 82 valence electrons. The predicted molar refractivity (Wildman–Crippen MR) is 53.7 cm³/mol. The zero-order chi connectivity index (χ0) is 11.1. The van der Waals surface area contributed by atoms with Gasteiger partial charge in [0.2, 0.25) is 5.79 Å². The van der Waals surface area contributed by atoms with Gasteiger partial charge < -0.3 is 9.84 Å². The van der Waals surface area contributed by atoms with Gasteiger partial charge in [-0.25, -0.2) is 4.39 Å². The average molecular weight is 211 g/mol. The van der Waals surface area contributed by atoms with Crippen molar-refractivity contribution in [2.45, 2.75) is 11.8 Å². The molecule has 0 bridgehead atoms. The Morgan fingerprint density at radius 3 is 2.53 bits per heavy atom. The van der Waals surface area contributed by atoms with Crippen LogP contribution in [0, 0.1) is 5.82 Å². The van der Waals surface area contributed by atoms with E-state index >= 15 is 0 Å². The lowest BCUT2D eigenvalue weighted by atomic mass is 10.0. The highest BCUT2D eigenvalue weighted by molar-refractivity contribution is 5.24. The van der Waals surface area contributed by atoms with E-state index < -0.39 is 11.8 Å². The molecule has 0 amide bonds. The number of benzene rings is 1. The number of hydrogen-bond donors (Lipinski definition) is 1. The fraction of sp³-hybridized carbons (Fsp3) is 0.455. The van der Waals surface area contributed by atoms with Gasteiger partial charge >= 0.3 is 0 Å². The smallest absolute Gasteiger partial charge is 0.210 e. The topological polar surface area (TPSA) is 36.0 Å². The van der Waals surface area contributed by atoms with Gasteiger partial charge in [-0.05, 0) is 20.2 Å². The second-order valence-electron chi connectivity index (χ2n) is 4.02. The van der Waals surface area contributed by atoms with Gasteiger partial charge in [0.25, 0.3) is 0 Å². The summed E-state index contributed by atoms with van der Waals surface area (Å²) in [7, 11) is 3.58. The van der Waals surface area contributed by atoms with E-state index in [1.807, 2.05) is 0 Å². The number of halogens is 1. The maximum atomic E-state index is 13.6. The molecule has 4 heteroatoms. The molecule has 0 saturated carbocycles. The molecule has 3 nitrogen and oxygen atoms in total. The van der Waals surface area contributed by atoms with Crippen LogP contribution in [0.4, 0.5) is 4.39 Å². The van der Waals surface area contributed by atoms with Crippen LogP contribution in [0.25, 0.3) is 0 Å². The van der Waals surface area contributed by atoms with Crippen molar-refractivity contribution in [2.75, 3.05) is 20.7 Å². The molecule has 1 saturated heterocycles. The van der Waals surface area contributed by atoms with Gasteiger partial charge in [-0.2, -0.15) is 0 Å². The van der Waals surface area contributed by atoms with Gasteiger partial charge in [-0.1, -0.05) is 18.2 Å². The van der Waals surface area contributed by atoms with Crippen molar-refractivity contribution in [3.8, 4) is 0 Å². The van der Waals surface area contributed by atoms with Crippen LogP contribution < -0.4 is 0 Å². The molecule has 1 N–H and O–H groups in total. The molecule has 0 spiro atoms. The standard InChI is InChI=1S/C11H14FNO2/c1-13(2)10(11(14)7-15-11)8-5-3-4-6-9(8)12/h3-6,10,14H,7H2,1-2H3. The van der Waals surface area contributed by atoms with Crippen molar-refractivity contribution in [1.29, 1.82) is 0 Å². The number of epoxide rings is 1. The molecule has 1 heterocycles. The van der Waals surface area contributed by atoms with Crippen molar-refractivity contribution in [3.63, 3.8) is 0 Å². The number of ether oxygens (including phenoxy) is 1. The first kappa shape index (κ1) is 10.5. The summed E-state index contributed by atoms with van der Waals surface area (Å²) in [4.78, 5) is 1.76. The van der Waals surface area contributed by atoms with Crippen LogP contribution in [0.15, 0.2) is 24.3 Å². The Balaban J connectivity index is 2.37. The highest BCUT2D eigenvalue weighted by Crippen LogP contribution is 2.41. The van der Waals surface area contributed by atoms with E-state index in [4.69, 9.17) is 4.74 Å². The Bertz CT molecular complexity index is 363. The molecule has 1 aromatic carbocycles. The maximum absolute atomic E-state index is 13.6. The van der Waals surface area contributed by atoms with E-state index in [0.29, 0.717) is 5.56 Å². The normalized spacial score (nSPS) is 26.7. The third-order valence-electron chi connectivity index (χ3n) is 2.58. The molecule has 0 radical (unpaired) electrons. The Morgan fingerprint density at radius 1 is 1.47 bits per heavy atom. The van der Waals surface area contributed by atoms with Crippen LogP contribution in [0.1, 0.15) is 11.6 Å². The molecule has 2 unspecified atom stereocenters. The summed E-state index contributed by atoms with van der Waals surface area (Å²) in [6.07, 6.45) is 0. The fourth-order valence-corrected chi connectivity index (χ4v) is 1.85. The zero-order valence-electron chi connectivity index (χ0n) is 8.77. The van der Waals surface area contributed by atoms with Gasteiger partial charge in [0.05, 0.1) is 6.04 Å². The van der Waals surface area contributed by atoms with Crippen molar-refractivity contribution >= 4 is 0 Å². The third-order valence-corrected chi connectivity index (χ3v) is 2.58. The molecular weight excluding hydrogens is 197 g/mol. The van der Waals surface area contributed by atoms with Crippen LogP contribution in [0.2, 0.25) is 0 Å². The Labute approximate surface area is 88.1 Å². The molecule has 1 aromatic rings. The quantitative estimate of drug-likeness (QED) is 0.762. The van der Waals surface area contributed by atoms with Gasteiger partial charge in [-0.15, -0.1) is 0 Å². The van der Waals surface area contributed by atoms with Gasteiger partial charge in [0, 0.05) is 5.56 Å². The lowest BCUT2D eigenvalue weighted by Crippen LogP contribution is -2.34. The second-order valence-corrected chi connectivity index (χ2v) is 4.02. The molecule has 2 rings (SSSR count). The van der Waals surface area contributed by atoms with E-state index in [0.717, 1.165) is 0 Å². The van der Waals surface area contributed by atoms with E-state index in [-0.39, 0.29) is 12.4 Å². The number of nitrogens with zero attached hydrogens (tertiary/aromatic N) is 1. The van der Waals surface area contributed by atoms with Crippen LogP contribution >= 0.6 is 0 Å². The minimum absolute atomic E-state index is 0.254. The molecule has 2 atom stereocenters. The van der Waals surface area contributed by atoms with Crippen molar-refractivity contribution in [3.05, 3.63) is 35.6 Å². The summed E-state index contributed by atoms with van der Waals surface area (Å²) < 4.78 is 18.5. The monoisotopic (exact) mass is 211 g/mol. The highest BCUT2D eigenvalue weighted by atomic mass is 19.1. The third kappa shape index (κ3) is 1.88. The van der Waals surface area contributed by atoms with Gasteiger partial charge in [-0.3, -0.25) is 4.90 Å². The first-order valence-electron chi connectivity index (χ1n) is 4.82. The molecule has 0 aliphatic carbocycles. The molecule has 1 aliphatic rings. The summed E-state index contributed by atoms with van der Waals surface area (Å²) in [5.41, 5.74) is 0.461. The minimum atomic E-state index is -1.23. The summed E-state index contributed by atoms with van der Waals surface area (Å²) in [5, 5.41) is 9.91. The van der Waals surface area contributed by atoms with Crippen LogP contribution in [-0.4, -0.2) is 36.5 Å². The van der Waals surface area contributed by atoms with Crippen LogP contribution in [0.5, 0.6) is 0 Å². The maximum Gasteiger partial charge on any atom is 0.210 e. The SMILES string of the molecule is CN(C)C(c1ccccc1F)C1(O)CO1. The largest absolute Gasteiger partial charge is 0.362 e. The molecular formula is C11H14FNO2. The second kappa shape index (κ2) is 3.56. The van der Waals surface area contributed by atoms with Crippen molar-refractivity contribution in [2.24, 2.45) is 0 Å². The van der Waals surface area contributed by atoms with E-state index in [9.17, 15) is 9.50 Å². The van der Waals surface area contributed by atoms with Gasteiger partial charge in [0.15, 0.2) is 0 Å². The molecule has 1 aliphatic heterocycles. The highest BCUT2D eigenvalue weighted by Gasteiger charge is 2.52. The van der Waals surface area contributed by atoms with Crippen LogP contribution in [0.3, 0.4) is 0 Å². The fourth-order valence-electron chi connectivity index (χ4n) is 1.85. The summed E-state index contributed by atoms with van der Waals surface area (Å²) in [6, 6.07) is 5.97. The van der Waals surface area contributed by atoms with Crippen LogP contribution in [-0.2, 0) is 4.74 Å². The average Bonchev–Trinajstić information content (AvgIpc) is 2.88. The Hall–Kier alpha value is -0.970. The zero-order valence-corrected chi connectivity index (χ0v) is 8.77. The first-order chi connectivity index (χ1) is 7.04. The number of hydrogen-bond acceptors (Lipinski definition) is 3. The lowest BCUT2D eigenvalue weighted by Gasteiger charge is -2.27. The van der Waals surface area contributed by atoms with Crippen molar-refractivity contribution in [1.82, 2.24) is 4.90 Å². The molecule has 0 aromatic heterocycles. The number of aliphatic hydroxyl groups is 1. The van der Waals surface area contributed by atoms with E-state index in [1.165, 1.54) is 6.07 Å². The minimum Gasteiger partial charge on any atom is -0.362 e. The van der Waals surface area contributed by atoms with Crippen molar-refractivity contribution < 1.29 is 14.2 Å². The lowest BCUT2D eigenvalue weighted by molar-refractivity contribution is -0.0339. The summed E-state index contributed by atoms with van der Waals surface area (Å²) in [6.45, 7) is 0.254. The molecule has 15 heavy (non-hydrogen) atoms. The number of rotatable bonds is 3. The van der Waals surface area contributed by atoms with Gasteiger partial charge in [0.1, 0.15) is 12.4 Å². The first-order valence-corrected chi connectivity index (χ1v) is 4.82. The Morgan fingerprint density at radius 2 is 2.07 bits per heavy atom. The van der Waals surface area contributed by atoms with E-state index in [1.54, 1.807) is 37.2 Å². The summed E-state index contributed by atoms with van der Waals surface area (Å²) >= 11 is 0. The predicted octanol–water partition coefficient (Wildman–Crippen LogP) is 1.15. The molecule has 1 fully saturated rings. The Kier molecular flexibility index (Phi) is 2.50. The van der Waals surface area contributed by atoms with E-state index in [2.05, 4.69) is 0 Å². The number of likely N-dealkylation sites (N-methyl/N-ethyl adjacent to an activating group) is 1.